The maximum absolute atomic E-state index is 4.57. The van der Waals surface area contributed by atoms with Crippen molar-refractivity contribution in [3.05, 3.63) is 35.4 Å². The van der Waals surface area contributed by atoms with E-state index < -0.39 is 0 Å². The van der Waals surface area contributed by atoms with Crippen molar-refractivity contribution in [2.75, 3.05) is 13.1 Å². The summed E-state index contributed by atoms with van der Waals surface area (Å²) in [6, 6.07) is 9.93. The van der Waals surface area contributed by atoms with Crippen molar-refractivity contribution in [1.82, 2.24) is 10.2 Å². The predicted molar refractivity (Wildman–Crippen MR) is 70.1 cm³/mol. The highest BCUT2D eigenvalue weighted by atomic mass is 15.4. The molecule has 3 heteroatoms. The second kappa shape index (κ2) is 4.06. The molecule has 1 saturated heterocycles. The van der Waals surface area contributed by atoms with Gasteiger partial charge in [-0.25, -0.2) is 0 Å². The van der Waals surface area contributed by atoms with E-state index in [1.54, 1.807) is 0 Å². The Morgan fingerprint density at radius 2 is 2.06 bits per heavy atom. The number of nitrogens with zero attached hydrogens (tertiary/aromatic N) is 2. The van der Waals surface area contributed by atoms with Crippen LogP contribution in [0.25, 0.3) is 0 Å². The lowest BCUT2D eigenvalue weighted by atomic mass is 10.00. The highest BCUT2D eigenvalue weighted by Gasteiger charge is 2.33. The number of fused-ring (bicyclic) bond motifs is 1. The molecule has 3 rings (SSSR count). The average Bonchev–Trinajstić information content (AvgIpc) is 2.70. The largest absolute Gasteiger partial charge is 0.352 e. The molecule has 0 amide bonds. The Morgan fingerprint density at radius 3 is 2.82 bits per heavy atom. The molecule has 17 heavy (non-hydrogen) atoms. The third-order valence-corrected chi connectivity index (χ3v) is 3.62. The van der Waals surface area contributed by atoms with Crippen LogP contribution in [0.3, 0.4) is 0 Å². The smallest absolute Gasteiger partial charge is 0.194 e. The molecule has 2 unspecified atom stereocenters. The van der Waals surface area contributed by atoms with Crippen molar-refractivity contribution < 1.29 is 0 Å². The van der Waals surface area contributed by atoms with Crippen LogP contribution in [0.4, 0.5) is 0 Å². The van der Waals surface area contributed by atoms with Gasteiger partial charge in [-0.2, -0.15) is 0 Å². The summed E-state index contributed by atoms with van der Waals surface area (Å²) >= 11 is 0. The fourth-order valence-corrected chi connectivity index (χ4v) is 2.73. The van der Waals surface area contributed by atoms with Gasteiger partial charge in [-0.05, 0) is 25.8 Å². The standard InChI is InChI=1S/C14H19N3/c1-10-3-5-12(6-4-10)13-7-8-15-14-16-11(2)9-17(13)14/h3-6,11,13H,7-9H2,1-2H3,(H,15,16). The lowest BCUT2D eigenvalue weighted by molar-refractivity contribution is 0.305. The molecule has 2 aliphatic rings. The summed E-state index contributed by atoms with van der Waals surface area (Å²) in [5, 5.41) is 3.44. The highest BCUT2D eigenvalue weighted by molar-refractivity contribution is 5.83. The number of hydrogen-bond acceptors (Lipinski definition) is 3. The van der Waals surface area contributed by atoms with Crippen LogP contribution in [-0.2, 0) is 0 Å². The fraction of sp³-hybridized carbons (Fsp3) is 0.500. The van der Waals surface area contributed by atoms with Crippen LogP contribution in [0.1, 0.15) is 30.5 Å². The predicted octanol–water partition coefficient (Wildman–Crippen LogP) is 2.09. The SMILES string of the molecule is Cc1ccc(C2CCN=C3NC(C)CN32)cc1. The van der Waals surface area contributed by atoms with Gasteiger partial charge in [0.05, 0.1) is 6.04 Å². The van der Waals surface area contributed by atoms with Gasteiger partial charge in [-0.15, -0.1) is 0 Å². The molecule has 1 aromatic carbocycles. The molecule has 0 spiro atoms. The monoisotopic (exact) mass is 229 g/mol. The van der Waals surface area contributed by atoms with Gasteiger partial charge in [0.15, 0.2) is 5.96 Å². The van der Waals surface area contributed by atoms with Gasteiger partial charge in [0, 0.05) is 19.1 Å². The molecule has 1 aromatic rings. The highest BCUT2D eigenvalue weighted by Crippen LogP contribution is 2.29. The molecule has 2 aliphatic heterocycles. The Bertz CT molecular complexity index is 435. The Kier molecular flexibility index (Phi) is 2.54. The van der Waals surface area contributed by atoms with Crippen molar-refractivity contribution in [3.8, 4) is 0 Å². The number of rotatable bonds is 1. The van der Waals surface area contributed by atoms with E-state index in [9.17, 15) is 0 Å². The van der Waals surface area contributed by atoms with Crippen molar-refractivity contribution in [1.29, 1.82) is 0 Å². The molecule has 2 atom stereocenters. The maximum atomic E-state index is 4.57. The molecular weight excluding hydrogens is 210 g/mol. The minimum Gasteiger partial charge on any atom is -0.352 e. The topological polar surface area (TPSA) is 27.6 Å². The second-order valence-corrected chi connectivity index (χ2v) is 5.12. The van der Waals surface area contributed by atoms with Crippen LogP contribution < -0.4 is 5.32 Å². The summed E-state index contributed by atoms with van der Waals surface area (Å²) in [7, 11) is 0. The Hall–Kier alpha value is -1.51. The fourth-order valence-electron chi connectivity index (χ4n) is 2.73. The van der Waals surface area contributed by atoms with E-state index in [2.05, 4.69) is 53.3 Å². The Labute approximate surface area is 103 Å². The van der Waals surface area contributed by atoms with Gasteiger partial charge in [0.25, 0.3) is 0 Å². The molecule has 90 valence electrons. The number of hydrogen-bond donors (Lipinski definition) is 1. The molecule has 0 saturated carbocycles. The molecule has 1 fully saturated rings. The van der Waals surface area contributed by atoms with Gasteiger partial charge in [-0.1, -0.05) is 29.8 Å². The molecular formula is C14H19N3. The number of aliphatic imine (C=N–C) groups is 1. The second-order valence-electron chi connectivity index (χ2n) is 5.12. The van der Waals surface area contributed by atoms with E-state index in [0.717, 1.165) is 25.5 Å². The molecule has 0 bridgehead atoms. The first kappa shape index (κ1) is 10.6. The van der Waals surface area contributed by atoms with Gasteiger partial charge < -0.3 is 10.2 Å². The lowest BCUT2D eigenvalue weighted by Gasteiger charge is -2.32. The molecule has 2 heterocycles. The van der Waals surface area contributed by atoms with E-state index >= 15 is 0 Å². The first-order valence-electron chi connectivity index (χ1n) is 6.38. The van der Waals surface area contributed by atoms with E-state index in [1.165, 1.54) is 11.1 Å². The van der Waals surface area contributed by atoms with Crippen molar-refractivity contribution in [2.24, 2.45) is 4.99 Å². The molecule has 1 N–H and O–H groups in total. The summed E-state index contributed by atoms with van der Waals surface area (Å²) < 4.78 is 0. The summed E-state index contributed by atoms with van der Waals surface area (Å²) in [6.07, 6.45) is 1.13. The quantitative estimate of drug-likeness (QED) is 0.798. The zero-order chi connectivity index (χ0) is 11.8. The number of aryl methyl sites for hydroxylation is 1. The summed E-state index contributed by atoms with van der Waals surface area (Å²) in [5.41, 5.74) is 2.74. The third-order valence-electron chi connectivity index (χ3n) is 3.62. The Balaban J connectivity index is 1.89. The number of guanidine groups is 1. The van der Waals surface area contributed by atoms with Crippen LogP contribution >= 0.6 is 0 Å². The van der Waals surface area contributed by atoms with Crippen LogP contribution in [-0.4, -0.2) is 30.0 Å². The van der Waals surface area contributed by atoms with E-state index in [1.807, 2.05) is 0 Å². The zero-order valence-corrected chi connectivity index (χ0v) is 10.5. The summed E-state index contributed by atoms with van der Waals surface area (Å²) in [4.78, 5) is 6.98. The molecule has 0 aliphatic carbocycles. The minimum atomic E-state index is 0.501. The molecule has 0 aromatic heterocycles. The van der Waals surface area contributed by atoms with E-state index in [0.29, 0.717) is 12.1 Å². The van der Waals surface area contributed by atoms with Crippen molar-refractivity contribution >= 4 is 5.96 Å². The first-order valence-corrected chi connectivity index (χ1v) is 6.38. The van der Waals surface area contributed by atoms with Gasteiger partial charge >= 0.3 is 0 Å². The maximum Gasteiger partial charge on any atom is 0.194 e. The third kappa shape index (κ3) is 1.90. The normalized spacial score (nSPS) is 27.4. The lowest BCUT2D eigenvalue weighted by Crippen LogP contribution is -2.37. The van der Waals surface area contributed by atoms with Crippen LogP contribution in [0.5, 0.6) is 0 Å². The minimum absolute atomic E-state index is 0.501. The van der Waals surface area contributed by atoms with Gasteiger partial charge in [-0.3, -0.25) is 4.99 Å². The van der Waals surface area contributed by atoms with Crippen molar-refractivity contribution in [3.63, 3.8) is 0 Å². The van der Waals surface area contributed by atoms with Crippen LogP contribution in [0.2, 0.25) is 0 Å². The first-order chi connectivity index (χ1) is 8.24. The van der Waals surface area contributed by atoms with Gasteiger partial charge in [0.2, 0.25) is 0 Å². The van der Waals surface area contributed by atoms with Crippen LogP contribution in [0, 0.1) is 6.92 Å². The summed E-state index contributed by atoms with van der Waals surface area (Å²) in [6.45, 7) is 6.35. The Morgan fingerprint density at radius 1 is 1.29 bits per heavy atom. The molecule has 0 radical (unpaired) electrons. The van der Waals surface area contributed by atoms with Crippen LogP contribution in [0.15, 0.2) is 29.3 Å². The van der Waals surface area contributed by atoms with E-state index in [-0.39, 0.29) is 0 Å². The number of nitrogens with one attached hydrogen (secondary N) is 1. The number of benzene rings is 1. The van der Waals surface area contributed by atoms with Gasteiger partial charge in [0.1, 0.15) is 0 Å². The summed E-state index contributed by atoms with van der Waals surface area (Å²) in [5.74, 6) is 1.09. The zero-order valence-electron chi connectivity index (χ0n) is 10.5. The average molecular weight is 229 g/mol. The van der Waals surface area contributed by atoms with E-state index in [4.69, 9.17) is 0 Å². The van der Waals surface area contributed by atoms with Crippen molar-refractivity contribution in [2.45, 2.75) is 32.4 Å². The molecule has 3 nitrogen and oxygen atoms in total.